The molecule has 1 unspecified atom stereocenters. The van der Waals surface area contributed by atoms with Gasteiger partial charge < -0.3 is 20.5 Å². The third kappa shape index (κ3) is 7.31. The van der Waals surface area contributed by atoms with Gasteiger partial charge in [0.1, 0.15) is 0 Å². The molecule has 102 valence electrons. The predicted octanol–water partition coefficient (Wildman–Crippen LogP) is 0.673. The molecule has 0 aromatic heterocycles. The van der Waals surface area contributed by atoms with E-state index >= 15 is 0 Å². The topological polar surface area (TPSA) is 73.6 Å². The Morgan fingerprint density at radius 3 is 2.41 bits per heavy atom. The van der Waals surface area contributed by atoms with Crippen molar-refractivity contribution in [1.82, 2.24) is 5.32 Å². The number of primary amides is 1. The number of carbonyl (C=O) groups excluding carboxylic acids is 1. The number of nitrogens with one attached hydrogen (secondary N) is 1. The van der Waals surface area contributed by atoms with E-state index in [4.69, 9.17) is 15.2 Å². The molecule has 17 heavy (non-hydrogen) atoms. The smallest absolute Gasteiger partial charge is 0.237 e. The SMILES string of the molecule is CCNC(C)(CCCOCCOCC)C(N)=O. The Balaban J connectivity index is 3.65. The van der Waals surface area contributed by atoms with Crippen LogP contribution < -0.4 is 11.1 Å². The third-order valence-corrected chi connectivity index (χ3v) is 2.65. The van der Waals surface area contributed by atoms with E-state index in [1.54, 1.807) is 0 Å². The maximum Gasteiger partial charge on any atom is 0.237 e. The molecular weight excluding hydrogens is 220 g/mol. The molecule has 5 heteroatoms. The van der Waals surface area contributed by atoms with E-state index in [0.717, 1.165) is 13.0 Å². The van der Waals surface area contributed by atoms with Crippen LogP contribution in [0.2, 0.25) is 0 Å². The second-order valence-corrected chi connectivity index (χ2v) is 4.14. The van der Waals surface area contributed by atoms with Crippen LogP contribution >= 0.6 is 0 Å². The van der Waals surface area contributed by atoms with E-state index in [1.165, 1.54) is 0 Å². The highest BCUT2D eigenvalue weighted by atomic mass is 16.5. The van der Waals surface area contributed by atoms with Gasteiger partial charge in [0.05, 0.1) is 18.8 Å². The van der Waals surface area contributed by atoms with Crippen molar-refractivity contribution in [2.75, 3.05) is 33.0 Å². The number of rotatable bonds is 11. The lowest BCUT2D eigenvalue weighted by atomic mass is 9.95. The maximum absolute atomic E-state index is 11.3. The molecule has 0 fully saturated rings. The molecule has 0 saturated heterocycles. The Bertz CT molecular complexity index is 212. The molecule has 0 aliphatic carbocycles. The van der Waals surface area contributed by atoms with Crippen LogP contribution in [-0.4, -0.2) is 44.4 Å². The molecule has 1 atom stereocenters. The van der Waals surface area contributed by atoms with Crippen LogP contribution in [0.5, 0.6) is 0 Å². The predicted molar refractivity (Wildman–Crippen MR) is 67.8 cm³/mol. The number of likely N-dealkylation sites (N-methyl/N-ethyl adjacent to an activating group) is 1. The first-order valence-corrected chi connectivity index (χ1v) is 6.27. The molecule has 0 saturated carbocycles. The first-order valence-electron chi connectivity index (χ1n) is 6.27. The highest BCUT2D eigenvalue weighted by Crippen LogP contribution is 2.11. The third-order valence-electron chi connectivity index (χ3n) is 2.65. The van der Waals surface area contributed by atoms with Crippen LogP contribution in [-0.2, 0) is 14.3 Å². The average Bonchev–Trinajstić information content (AvgIpc) is 2.28. The highest BCUT2D eigenvalue weighted by Gasteiger charge is 2.28. The van der Waals surface area contributed by atoms with E-state index in [9.17, 15) is 4.79 Å². The van der Waals surface area contributed by atoms with Crippen LogP contribution in [0.4, 0.5) is 0 Å². The normalized spacial score (nSPS) is 14.5. The summed E-state index contributed by atoms with van der Waals surface area (Å²) in [6.07, 6.45) is 1.49. The van der Waals surface area contributed by atoms with Gasteiger partial charge in [-0.1, -0.05) is 6.92 Å². The molecule has 0 radical (unpaired) electrons. The summed E-state index contributed by atoms with van der Waals surface area (Å²) in [7, 11) is 0. The molecule has 0 heterocycles. The van der Waals surface area contributed by atoms with Crippen LogP contribution in [0.25, 0.3) is 0 Å². The van der Waals surface area contributed by atoms with Gasteiger partial charge in [-0.15, -0.1) is 0 Å². The zero-order chi connectivity index (χ0) is 13.1. The van der Waals surface area contributed by atoms with E-state index in [1.807, 2.05) is 20.8 Å². The summed E-state index contributed by atoms with van der Waals surface area (Å²) < 4.78 is 10.5. The van der Waals surface area contributed by atoms with Crippen molar-refractivity contribution in [2.24, 2.45) is 5.73 Å². The van der Waals surface area contributed by atoms with Crippen molar-refractivity contribution in [3.63, 3.8) is 0 Å². The lowest BCUT2D eigenvalue weighted by molar-refractivity contribution is -0.124. The Labute approximate surface area is 104 Å². The molecule has 0 rings (SSSR count). The van der Waals surface area contributed by atoms with Crippen molar-refractivity contribution < 1.29 is 14.3 Å². The van der Waals surface area contributed by atoms with Crippen LogP contribution in [0.1, 0.15) is 33.6 Å². The second kappa shape index (κ2) is 9.39. The Hall–Kier alpha value is -0.650. The van der Waals surface area contributed by atoms with Gasteiger partial charge in [0.15, 0.2) is 0 Å². The van der Waals surface area contributed by atoms with Crippen molar-refractivity contribution >= 4 is 5.91 Å². The van der Waals surface area contributed by atoms with Crippen molar-refractivity contribution in [3.05, 3.63) is 0 Å². The van der Waals surface area contributed by atoms with Crippen LogP contribution in [0.15, 0.2) is 0 Å². The molecule has 5 nitrogen and oxygen atoms in total. The van der Waals surface area contributed by atoms with Gasteiger partial charge >= 0.3 is 0 Å². The zero-order valence-electron chi connectivity index (χ0n) is 11.3. The minimum atomic E-state index is -0.627. The summed E-state index contributed by atoms with van der Waals surface area (Å²) in [6.45, 7) is 9.03. The Morgan fingerprint density at radius 1 is 1.24 bits per heavy atom. The minimum Gasteiger partial charge on any atom is -0.379 e. The highest BCUT2D eigenvalue weighted by molar-refractivity contribution is 5.84. The van der Waals surface area contributed by atoms with Gasteiger partial charge in [-0.2, -0.15) is 0 Å². The number of amides is 1. The number of hydrogen-bond acceptors (Lipinski definition) is 4. The summed E-state index contributed by atoms with van der Waals surface area (Å²) in [5.74, 6) is -0.311. The Morgan fingerprint density at radius 2 is 1.88 bits per heavy atom. The van der Waals surface area contributed by atoms with Crippen LogP contribution in [0.3, 0.4) is 0 Å². The molecule has 0 bridgehead atoms. The molecule has 1 amide bonds. The lowest BCUT2D eigenvalue weighted by Crippen LogP contribution is -2.53. The summed E-state index contributed by atoms with van der Waals surface area (Å²) in [4.78, 5) is 11.3. The molecule has 3 N–H and O–H groups in total. The average molecular weight is 246 g/mol. The standard InChI is InChI=1S/C12H26N2O3/c1-4-14-12(3,11(13)15)7-6-8-17-10-9-16-5-2/h14H,4-10H2,1-3H3,(H2,13,15). The van der Waals surface area contributed by atoms with E-state index in [-0.39, 0.29) is 5.91 Å². The van der Waals surface area contributed by atoms with E-state index in [2.05, 4.69) is 5.32 Å². The monoisotopic (exact) mass is 246 g/mol. The fourth-order valence-electron chi connectivity index (χ4n) is 1.58. The van der Waals surface area contributed by atoms with Gasteiger partial charge in [0, 0.05) is 13.2 Å². The van der Waals surface area contributed by atoms with Crippen molar-refractivity contribution in [2.45, 2.75) is 39.2 Å². The van der Waals surface area contributed by atoms with Crippen molar-refractivity contribution in [1.29, 1.82) is 0 Å². The summed E-state index contributed by atoms with van der Waals surface area (Å²) in [5, 5.41) is 3.11. The zero-order valence-corrected chi connectivity index (χ0v) is 11.3. The number of carbonyl (C=O) groups is 1. The first-order chi connectivity index (χ1) is 8.06. The maximum atomic E-state index is 11.3. The molecule has 0 aromatic rings. The molecule has 0 spiro atoms. The van der Waals surface area contributed by atoms with Gasteiger partial charge in [-0.05, 0) is 33.2 Å². The molecule has 0 aliphatic rings. The van der Waals surface area contributed by atoms with E-state index in [0.29, 0.717) is 32.8 Å². The van der Waals surface area contributed by atoms with Crippen molar-refractivity contribution in [3.8, 4) is 0 Å². The van der Waals surface area contributed by atoms with Gasteiger partial charge in [0.25, 0.3) is 0 Å². The fraction of sp³-hybridized carbons (Fsp3) is 0.917. The summed E-state index contributed by atoms with van der Waals surface area (Å²) >= 11 is 0. The van der Waals surface area contributed by atoms with E-state index < -0.39 is 5.54 Å². The summed E-state index contributed by atoms with van der Waals surface area (Å²) in [6, 6.07) is 0. The fourth-order valence-corrected chi connectivity index (χ4v) is 1.58. The number of hydrogen-bond donors (Lipinski definition) is 2. The second-order valence-electron chi connectivity index (χ2n) is 4.14. The van der Waals surface area contributed by atoms with Gasteiger partial charge in [0.2, 0.25) is 5.91 Å². The van der Waals surface area contributed by atoms with Gasteiger partial charge in [-0.25, -0.2) is 0 Å². The number of nitrogens with two attached hydrogens (primary N) is 1. The number of ether oxygens (including phenoxy) is 2. The summed E-state index contributed by atoms with van der Waals surface area (Å²) in [5.41, 5.74) is 4.75. The van der Waals surface area contributed by atoms with Gasteiger partial charge in [-0.3, -0.25) is 4.79 Å². The lowest BCUT2D eigenvalue weighted by Gasteiger charge is -2.26. The quantitative estimate of drug-likeness (QED) is 0.526. The minimum absolute atomic E-state index is 0.311. The molecule has 0 aliphatic heterocycles. The Kier molecular flexibility index (Phi) is 9.03. The molecular formula is C12H26N2O3. The first kappa shape index (κ1) is 16.4. The van der Waals surface area contributed by atoms with Crippen LogP contribution in [0, 0.1) is 0 Å². The largest absolute Gasteiger partial charge is 0.379 e. The molecule has 0 aromatic carbocycles.